The van der Waals surface area contributed by atoms with Crippen LogP contribution in [0.2, 0.25) is 0 Å². The number of rotatable bonds is 15. The Balaban J connectivity index is 5.11. The molecule has 5 amide bonds. The molecule has 13 heteroatoms. The van der Waals surface area contributed by atoms with Crippen LogP contribution in [0.25, 0.3) is 0 Å². The quantitative estimate of drug-likeness (QED) is 0.134. The Labute approximate surface area is 193 Å². The van der Waals surface area contributed by atoms with Gasteiger partial charge in [-0.1, -0.05) is 40.5 Å². The molecule has 0 saturated carbocycles. The Bertz CT molecular complexity index is 715. The highest BCUT2D eigenvalue weighted by atomic mass is 16.4. The van der Waals surface area contributed by atoms with E-state index in [-0.39, 0.29) is 24.9 Å². The lowest BCUT2D eigenvalue weighted by Crippen LogP contribution is -2.58. The van der Waals surface area contributed by atoms with Gasteiger partial charge in [0.15, 0.2) is 0 Å². The normalized spacial score (nSPS) is 14.1. The van der Waals surface area contributed by atoms with Crippen LogP contribution in [0.1, 0.15) is 40.5 Å². The summed E-state index contributed by atoms with van der Waals surface area (Å²) in [6.07, 6.45) is 1.08. The van der Waals surface area contributed by atoms with Crippen LogP contribution in [-0.2, 0) is 28.8 Å². The summed E-state index contributed by atoms with van der Waals surface area (Å²) >= 11 is 0. The predicted octanol–water partition coefficient (Wildman–Crippen LogP) is -2.56. The largest absolute Gasteiger partial charge is 0.480 e. The fourth-order valence-electron chi connectivity index (χ4n) is 2.64. The monoisotopic (exact) mass is 472 g/mol. The zero-order valence-electron chi connectivity index (χ0n) is 19.5. The zero-order valence-corrected chi connectivity index (χ0v) is 19.5. The fourth-order valence-corrected chi connectivity index (χ4v) is 2.64. The second-order valence-electron chi connectivity index (χ2n) is 7.67. The van der Waals surface area contributed by atoms with E-state index >= 15 is 0 Å². The number of carbonyl (C=O) groups is 6. The maximum atomic E-state index is 12.9. The molecule has 4 atom stereocenters. The molecule has 188 valence electrons. The van der Waals surface area contributed by atoms with Gasteiger partial charge in [0.2, 0.25) is 29.5 Å². The number of nitrogens with one attached hydrogen (secondary N) is 5. The Morgan fingerprint density at radius 1 is 0.697 bits per heavy atom. The van der Waals surface area contributed by atoms with Crippen molar-refractivity contribution >= 4 is 35.5 Å². The zero-order chi connectivity index (χ0) is 25.6. The van der Waals surface area contributed by atoms with Crippen molar-refractivity contribution in [2.75, 3.05) is 26.2 Å². The first kappa shape index (κ1) is 29.8. The van der Waals surface area contributed by atoms with Gasteiger partial charge in [-0.3, -0.25) is 28.8 Å². The highest BCUT2D eigenvalue weighted by Gasteiger charge is 2.32. The van der Waals surface area contributed by atoms with E-state index in [1.54, 1.807) is 13.8 Å². The molecule has 0 heterocycles. The molecule has 0 bridgehead atoms. The van der Waals surface area contributed by atoms with Crippen LogP contribution in [0.4, 0.5) is 0 Å². The number of hydrogen-bond donors (Lipinski definition) is 7. The Kier molecular flexibility index (Phi) is 14.0. The van der Waals surface area contributed by atoms with Gasteiger partial charge < -0.3 is 37.4 Å². The maximum absolute atomic E-state index is 12.9. The second kappa shape index (κ2) is 15.6. The van der Waals surface area contributed by atoms with E-state index in [9.17, 15) is 28.8 Å². The van der Waals surface area contributed by atoms with Crippen molar-refractivity contribution in [2.45, 2.75) is 52.6 Å². The van der Waals surface area contributed by atoms with Gasteiger partial charge >= 0.3 is 5.97 Å². The molecule has 0 fully saturated rings. The van der Waals surface area contributed by atoms with Crippen molar-refractivity contribution in [3.8, 4) is 0 Å². The van der Waals surface area contributed by atoms with Gasteiger partial charge in [-0.15, -0.1) is 0 Å². The van der Waals surface area contributed by atoms with Gasteiger partial charge in [-0.05, 0) is 11.8 Å². The van der Waals surface area contributed by atoms with Crippen molar-refractivity contribution in [1.82, 2.24) is 26.6 Å². The van der Waals surface area contributed by atoms with E-state index in [2.05, 4.69) is 26.6 Å². The van der Waals surface area contributed by atoms with Crippen LogP contribution in [0.15, 0.2) is 0 Å². The molecule has 0 aromatic rings. The fraction of sp³-hybridized carbons (Fsp3) is 0.700. The van der Waals surface area contributed by atoms with Crippen LogP contribution in [0, 0.1) is 11.8 Å². The molecule has 33 heavy (non-hydrogen) atoms. The molecule has 0 spiro atoms. The number of aliphatic carboxylic acids is 1. The van der Waals surface area contributed by atoms with Crippen LogP contribution >= 0.6 is 0 Å². The lowest BCUT2D eigenvalue weighted by Gasteiger charge is -2.28. The van der Waals surface area contributed by atoms with E-state index in [0.717, 1.165) is 0 Å². The average Bonchev–Trinajstić information content (AvgIpc) is 2.79. The topological polar surface area (TPSA) is 209 Å². The summed E-state index contributed by atoms with van der Waals surface area (Å²) in [7, 11) is 0. The van der Waals surface area contributed by atoms with Gasteiger partial charge in [0.05, 0.1) is 19.6 Å². The van der Waals surface area contributed by atoms with Crippen molar-refractivity contribution < 1.29 is 33.9 Å². The Morgan fingerprint density at radius 2 is 1.18 bits per heavy atom. The molecule has 0 unspecified atom stereocenters. The third-order valence-corrected chi connectivity index (χ3v) is 5.10. The minimum Gasteiger partial charge on any atom is -0.480 e. The highest BCUT2D eigenvalue weighted by molar-refractivity contribution is 5.94. The number of hydrogen-bond acceptors (Lipinski definition) is 7. The standard InChI is InChI=1S/C20H36N6O7/c1-5-11(3)17(19(32)24-10-16(30)31)26-20(33)18(12(4)6-2)25-15(29)9-23-14(28)8-22-13(27)7-21/h11-12,17-18H,5-10,21H2,1-4H3,(H,22,27)(H,23,28)(H,24,32)(H,25,29)(H,26,33)(H,30,31)/t11-,12-,17-,18-/m0/s1. The van der Waals surface area contributed by atoms with E-state index < -0.39 is 60.7 Å². The highest BCUT2D eigenvalue weighted by Crippen LogP contribution is 2.12. The lowest BCUT2D eigenvalue weighted by atomic mass is 9.95. The van der Waals surface area contributed by atoms with Gasteiger partial charge in [0.25, 0.3) is 0 Å². The van der Waals surface area contributed by atoms with Crippen LogP contribution in [0.5, 0.6) is 0 Å². The minimum absolute atomic E-state index is 0.272. The average molecular weight is 473 g/mol. The first-order valence-electron chi connectivity index (χ1n) is 10.8. The summed E-state index contributed by atoms with van der Waals surface area (Å²) in [6.45, 7) is 5.50. The first-order chi connectivity index (χ1) is 15.5. The molecule has 8 N–H and O–H groups in total. The SMILES string of the molecule is CC[C@H](C)[C@H](NC(=O)CNC(=O)CNC(=O)CN)C(=O)N[C@H](C(=O)NCC(=O)O)[C@@H](C)CC. The van der Waals surface area contributed by atoms with Crippen LogP contribution in [0.3, 0.4) is 0 Å². The Morgan fingerprint density at radius 3 is 1.67 bits per heavy atom. The van der Waals surface area contributed by atoms with Gasteiger partial charge in [0, 0.05) is 0 Å². The molecule has 0 rings (SSSR count). The van der Waals surface area contributed by atoms with Crippen molar-refractivity contribution in [3.05, 3.63) is 0 Å². The summed E-state index contributed by atoms with van der Waals surface area (Å²) in [5.74, 6) is -4.81. The number of carbonyl (C=O) groups excluding carboxylic acids is 5. The molecule has 0 aromatic carbocycles. The maximum Gasteiger partial charge on any atom is 0.322 e. The molecule has 0 aliphatic carbocycles. The van der Waals surface area contributed by atoms with E-state index in [4.69, 9.17) is 10.8 Å². The summed E-state index contributed by atoms with van der Waals surface area (Å²) < 4.78 is 0. The number of carboxylic acid groups (broad SMARTS) is 1. The molecule has 0 saturated heterocycles. The van der Waals surface area contributed by atoms with E-state index in [1.807, 2.05) is 13.8 Å². The molecular weight excluding hydrogens is 436 g/mol. The molecule has 0 aliphatic rings. The van der Waals surface area contributed by atoms with Gasteiger partial charge in [-0.25, -0.2) is 0 Å². The Hall–Kier alpha value is -3.22. The van der Waals surface area contributed by atoms with Gasteiger partial charge in [-0.2, -0.15) is 0 Å². The molecule has 0 radical (unpaired) electrons. The molecule has 13 nitrogen and oxygen atoms in total. The van der Waals surface area contributed by atoms with Crippen molar-refractivity contribution in [1.29, 1.82) is 0 Å². The lowest BCUT2D eigenvalue weighted by molar-refractivity contribution is -0.139. The summed E-state index contributed by atoms with van der Waals surface area (Å²) in [6, 6.07) is -1.98. The summed E-state index contributed by atoms with van der Waals surface area (Å²) in [5.41, 5.74) is 5.12. The number of amides is 5. The molecule has 0 aromatic heterocycles. The van der Waals surface area contributed by atoms with Crippen molar-refractivity contribution in [2.24, 2.45) is 17.6 Å². The second-order valence-corrected chi connectivity index (χ2v) is 7.67. The molecule has 0 aliphatic heterocycles. The van der Waals surface area contributed by atoms with Gasteiger partial charge in [0.1, 0.15) is 18.6 Å². The summed E-state index contributed by atoms with van der Waals surface area (Å²) in [5, 5.41) is 20.8. The molecular formula is C20H36N6O7. The summed E-state index contributed by atoms with van der Waals surface area (Å²) in [4.78, 5) is 71.2. The number of carboxylic acids is 1. The van der Waals surface area contributed by atoms with Crippen LogP contribution < -0.4 is 32.3 Å². The third kappa shape index (κ3) is 11.8. The number of nitrogens with two attached hydrogens (primary N) is 1. The van der Waals surface area contributed by atoms with E-state index in [1.165, 1.54) is 0 Å². The first-order valence-corrected chi connectivity index (χ1v) is 10.8. The van der Waals surface area contributed by atoms with E-state index in [0.29, 0.717) is 12.8 Å². The van der Waals surface area contributed by atoms with Crippen molar-refractivity contribution in [3.63, 3.8) is 0 Å². The smallest absolute Gasteiger partial charge is 0.322 e. The minimum atomic E-state index is -1.22. The third-order valence-electron chi connectivity index (χ3n) is 5.10. The van der Waals surface area contributed by atoms with Crippen LogP contribution in [-0.4, -0.2) is 78.9 Å². The predicted molar refractivity (Wildman–Crippen MR) is 118 cm³/mol.